The molecule has 6 aromatic rings. The smallest absolute Gasteiger partial charge is 0.171 e. The van der Waals surface area contributed by atoms with Crippen LogP contribution in [0.5, 0.6) is 0 Å². The zero-order valence-electron chi connectivity index (χ0n) is 39.2. The van der Waals surface area contributed by atoms with Crippen molar-refractivity contribution in [3.8, 4) is 0 Å². The van der Waals surface area contributed by atoms with Gasteiger partial charge in [-0.25, -0.2) is 0 Å². The Labute approximate surface area is 414 Å². The van der Waals surface area contributed by atoms with Crippen LogP contribution in [0.25, 0.3) is 0 Å². The molecule has 2 heterocycles. The molecule has 6 nitrogen and oxygen atoms in total. The number of hydroxylamine groups is 4. The molecule has 2 fully saturated rings. The predicted molar refractivity (Wildman–Crippen MR) is 299 cm³/mol. The van der Waals surface area contributed by atoms with Crippen LogP contribution in [0.4, 0.5) is 0 Å². The van der Waals surface area contributed by atoms with E-state index in [1.807, 2.05) is 0 Å². The molecule has 0 unspecified atom stereocenters. The van der Waals surface area contributed by atoms with Gasteiger partial charge in [0, 0.05) is 22.2 Å². The summed E-state index contributed by atoms with van der Waals surface area (Å²) in [5.41, 5.74) is -1.33. The van der Waals surface area contributed by atoms with E-state index in [2.05, 4.69) is 237 Å². The Hall–Kier alpha value is -4.06. The number of rotatable bonds is 12. The Balaban J connectivity index is 0.000000340. The van der Waals surface area contributed by atoms with Gasteiger partial charge in [0.1, 0.15) is 46.4 Å². The minimum Gasteiger partial charge on any atom is -0.342 e. The third kappa shape index (κ3) is 12.4. The van der Waals surface area contributed by atoms with Crippen LogP contribution in [-0.2, 0) is 9.47 Å². The molecule has 0 aliphatic carbocycles. The van der Waals surface area contributed by atoms with Crippen LogP contribution in [-0.4, -0.2) is 67.6 Å². The Kier molecular flexibility index (Phi) is 20.7. The number of nitrogens with zero attached hydrogens (tertiary/aromatic N) is 2. The van der Waals surface area contributed by atoms with Crippen LogP contribution < -0.4 is 31.8 Å². The molecule has 0 amide bonds. The van der Waals surface area contributed by atoms with Crippen molar-refractivity contribution in [1.82, 2.24) is 10.1 Å². The first kappa shape index (κ1) is 58.3. The molecule has 0 bridgehead atoms. The standard InChI is InChI=1S/2C28H35NO2P.4CH4/c2*1-27(2)20-23(21-28(3,4)29(27)30)31-22-32(24-14-8-5-9-15-24,25-16-10-6-11-17-25)26-18-12-7-13-19-26;;;;/h2*5-19,23,30H,20-22H2,1-4H3;4*1H4/q2*+1;;;;. The third-order valence-corrected chi connectivity index (χ3v) is 21.5. The summed E-state index contributed by atoms with van der Waals surface area (Å²) in [5.74, 6) is 0. The molecule has 368 valence electrons. The lowest BCUT2D eigenvalue weighted by atomic mass is 9.80. The van der Waals surface area contributed by atoms with E-state index in [0.717, 1.165) is 25.7 Å². The van der Waals surface area contributed by atoms with Crippen LogP contribution in [0.15, 0.2) is 182 Å². The van der Waals surface area contributed by atoms with Crippen molar-refractivity contribution >= 4 is 46.4 Å². The molecule has 8 rings (SSSR count). The van der Waals surface area contributed by atoms with E-state index in [1.165, 1.54) is 42.0 Å². The van der Waals surface area contributed by atoms with Gasteiger partial charge in [-0.1, -0.05) is 139 Å². The largest absolute Gasteiger partial charge is 0.342 e. The van der Waals surface area contributed by atoms with Crippen molar-refractivity contribution in [3.05, 3.63) is 182 Å². The summed E-state index contributed by atoms with van der Waals surface area (Å²) in [6, 6.07) is 65.1. The fourth-order valence-electron chi connectivity index (χ4n) is 10.5. The maximum Gasteiger partial charge on any atom is 0.171 e. The molecule has 2 N–H and O–H groups in total. The van der Waals surface area contributed by atoms with Crippen molar-refractivity contribution in [2.45, 2.75) is 145 Å². The number of piperidine rings is 2. The van der Waals surface area contributed by atoms with E-state index in [-0.39, 0.29) is 64.1 Å². The molecule has 0 atom stereocenters. The van der Waals surface area contributed by atoms with Crippen LogP contribution in [0.1, 0.15) is 111 Å². The van der Waals surface area contributed by atoms with Crippen molar-refractivity contribution in [2.75, 3.05) is 12.7 Å². The molecular weight excluding hydrogens is 875 g/mol. The molecule has 0 saturated carbocycles. The average Bonchev–Trinajstić information content (AvgIpc) is 3.30. The minimum absolute atomic E-state index is 0. The molecule has 0 spiro atoms. The quantitative estimate of drug-likeness (QED) is 0.119. The van der Waals surface area contributed by atoms with Crippen molar-refractivity contribution in [1.29, 1.82) is 0 Å². The Morgan fingerprint density at radius 3 is 0.676 bits per heavy atom. The number of hydrogen-bond donors (Lipinski definition) is 2. The number of hydrogen-bond acceptors (Lipinski definition) is 6. The highest BCUT2D eigenvalue weighted by atomic mass is 31.2. The first-order valence-corrected chi connectivity index (χ1v) is 26.8. The predicted octanol–water partition coefficient (Wildman–Crippen LogP) is 13.3. The van der Waals surface area contributed by atoms with E-state index in [9.17, 15) is 10.4 Å². The van der Waals surface area contributed by atoms with Gasteiger partial charge in [-0.2, -0.15) is 10.1 Å². The molecule has 6 aromatic carbocycles. The van der Waals surface area contributed by atoms with Crippen molar-refractivity contribution in [2.24, 2.45) is 0 Å². The zero-order chi connectivity index (χ0) is 45.6. The van der Waals surface area contributed by atoms with Gasteiger partial charge in [0.2, 0.25) is 0 Å². The Morgan fingerprint density at radius 1 is 0.353 bits per heavy atom. The molecule has 0 aromatic heterocycles. The summed E-state index contributed by atoms with van der Waals surface area (Å²) < 4.78 is 13.7. The van der Waals surface area contributed by atoms with Gasteiger partial charge in [0.15, 0.2) is 12.7 Å². The molecule has 2 aliphatic rings. The summed E-state index contributed by atoms with van der Waals surface area (Å²) in [5, 5.41) is 32.5. The fourth-order valence-corrected chi connectivity index (χ4v) is 18.1. The first-order chi connectivity index (χ1) is 30.5. The van der Waals surface area contributed by atoms with Crippen LogP contribution in [0, 0.1) is 0 Å². The zero-order valence-corrected chi connectivity index (χ0v) is 41.0. The van der Waals surface area contributed by atoms with Crippen LogP contribution >= 0.6 is 14.5 Å². The lowest BCUT2D eigenvalue weighted by Crippen LogP contribution is -2.60. The average molecular weight is 961 g/mol. The van der Waals surface area contributed by atoms with Crippen LogP contribution in [0.3, 0.4) is 0 Å². The van der Waals surface area contributed by atoms with Gasteiger partial charge in [-0.15, -0.1) is 0 Å². The van der Waals surface area contributed by atoms with Gasteiger partial charge in [0.05, 0.1) is 12.2 Å². The highest BCUT2D eigenvalue weighted by molar-refractivity contribution is 7.96. The van der Waals surface area contributed by atoms with Gasteiger partial charge < -0.3 is 19.9 Å². The highest BCUT2D eigenvalue weighted by Gasteiger charge is 2.51. The normalized spacial score (nSPS) is 17.9. The number of ether oxygens (including phenoxy) is 2. The Bertz CT molecular complexity index is 1950. The van der Waals surface area contributed by atoms with E-state index in [0.29, 0.717) is 12.7 Å². The molecule has 68 heavy (non-hydrogen) atoms. The Morgan fingerprint density at radius 2 is 0.515 bits per heavy atom. The topological polar surface area (TPSA) is 65.4 Å². The second-order valence-corrected chi connectivity index (χ2v) is 27.0. The molecule has 0 radical (unpaired) electrons. The second kappa shape index (κ2) is 24.2. The summed E-state index contributed by atoms with van der Waals surface area (Å²) in [4.78, 5) is 0. The lowest BCUT2D eigenvalue weighted by Gasteiger charge is -2.51. The number of benzene rings is 6. The monoisotopic (exact) mass is 961 g/mol. The summed E-state index contributed by atoms with van der Waals surface area (Å²) in [6.07, 6.45) is 4.64. The second-order valence-electron chi connectivity index (χ2n) is 20.2. The maximum absolute atomic E-state index is 10.7. The maximum atomic E-state index is 10.7. The molecule has 2 saturated heterocycles. The minimum atomic E-state index is -2.02. The lowest BCUT2D eigenvalue weighted by molar-refractivity contribution is -0.259. The summed E-state index contributed by atoms with van der Waals surface area (Å²) >= 11 is 0. The summed E-state index contributed by atoms with van der Waals surface area (Å²) in [7, 11) is -4.03. The summed E-state index contributed by atoms with van der Waals surface area (Å²) in [6.45, 7) is 16.8. The SMILES string of the molecule is C.C.C.C.CC1(C)CC(OC[P+](c2ccccc2)(c2ccccc2)c2ccccc2)CC(C)(C)N1O.CC1(C)CC(OC[P+](c2ccccc2)(c2ccccc2)c2ccccc2)CC(C)(C)N1O. The van der Waals surface area contributed by atoms with Crippen molar-refractivity contribution < 1.29 is 19.9 Å². The van der Waals surface area contributed by atoms with E-state index in [1.54, 1.807) is 0 Å². The first-order valence-electron chi connectivity index (χ1n) is 22.8. The van der Waals surface area contributed by atoms with E-state index >= 15 is 0 Å². The van der Waals surface area contributed by atoms with E-state index in [4.69, 9.17) is 9.47 Å². The molecular formula is C60H86N2O4P2+2. The fraction of sp³-hybridized carbons (Fsp3) is 0.400. The van der Waals surface area contributed by atoms with Gasteiger partial charge >= 0.3 is 0 Å². The third-order valence-electron chi connectivity index (χ3n) is 13.4. The van der Waals surface area contributed by atoms with Crippen molar-refractivity contribution in [3.63, 3.8) is 0 Å². The van der Waals surface area contributed by atoms with Crippen LogP contribution in [0.2, 0.25) is 0 Å². The molecule has 8 heteroatoms. The molecule has 2 aliphatic heterocycles. The van der Waals surface area contributed by atoms with Gasteiger partial charge in [0.25, 0.3) is 0 Å². The van der Waals surface area contributed by atoms with E-state index < -0.39 is 14.5 Å². The van der Waals surface area contributed by atoms with Gasteiger partial charge in [-0.3, -0.25) is 0 Å². The highest BCUT2D eigenvalue weighted by Crippen LogP contribution is 2.57. The van der Waals surface area contributed by atoms with Gasteiger partial charge in [-0.05, 0) is 154 Å².